The lowest BCUT2D eigenvalue weighted by atomic mass is 9.82. The van der Waals surface area contributed by atoms with E-state index >= 15 is 0 Å². The minimum absolute atomic E-state index is 0.154. The maximum absolute atomic E-state index is 5.72. The molecule has 0 bridgehead atoms. The molecule has 15 rings (SSSR count). The van der Waals surface area contributed by atoms with Gasteiger partial charge in [-0.15, -0.1) is 0 Å². The Kier molecular flexibility index (Phi) is 8.67. The molecule has 0 fully saturated rings. The Morgan fingerprint density at radius 3 is 1.12 bits per heavy atom. The van der Waals surface area contributed by atoms with E-state index in [1.807, 2.05) is 0 Å². The number of para-hydroxylation sites is 6. The van der Waals surface area contributed by atoms with Gasteiger partial charge in [-0.25, -0.2) is 4.98 Å². The number of aromatic nitrogens is 4. The highest BCUT2D eigenvalue weighted by Gasteiger charge is 2.35. The van der Waals surface area contributed by atoms with Crippen LogP contribution in [0, 0.1) is 0 Å². The lowest BCUT2D eigenvalue weighted by Crippen LogP contribution is -2.14. The summed E-state index contributed by atoms with van der Waals surface area (Å²) in [5, 5.41) is 7.42. The van der Waals surface area contributed by atoms with Gasteiger partial charge in [-0.1, -0.05) is 172 Å². The highest BCUT2D eigenvalue weighted by molar-refractivity contribution is 6.11. The number of fused-ring (bicyclic) bond motifs is 12. The molecule has 14 aromatic rings. The first kappa shape index (κ1) is 40.6. The predicted octanol–water partition coefficient (Wildman–Crippen LogP) is 17.7. The average Bonchev–Trinajstić information content (AvgIpc) is 4.14. The van der Waals surface area contributed by atoms with E-state index in [4.69, 9.17) is 4.98 Å². The number of benzene rings is 10. The summed E-state index contributed by atoms with van der Waals surface area (Å²) in [6.45, 7) is 4.71. The normalized spacial score (nSPS) is 13.0. The van der Waals surface area contributed by atoms with Crippen LogP contribution in [-0.4, -0.2) is 18.7 Å². The van der Waals surface area contributed by atoms with Crippen molar-refractivity contribution in [1.29, 1.82) is 0 Å². The van der Waals surface area contributed by atoms with Crippen molar-refractivity contribution in [2.45, 2.75) is 19.3 Å². The van der Waals surface area contributed by atoms with Crippen molar-refractivity contribution < 1.29 is 0 Å². The van der Waals surface area contributed by atoms with E-state index in [9.17, 15) is 0 Å². The van der Waals surface area contributed by atoms with Crippen LogP contribution in [0.5, 0.6) is 0 Å². The van der Waals surface area contributed by atoms with Crippen LogP contribution in [0.3, 0.4) is 0 Å². The van der Waals surface area contributed by atoms with E-state index in [-0.39, 0.29) is 5.41 Å². The molecule has 0 saturated heterocycles. The van der Waals surface area contributed by atoms with Gasteiger partial charge in [0.15, 0.2) is 0 Å². The number of pyridine rings is 1. The Morgan fingerprint density at radius 2 is 0.653 bits per heavy atom. The largest absolute Gasteiger partial charge is 0.309 e. The van der Waals surface area contributed by atoms with Crippen LogP contribution >= 0.6 is 0 Å². The molecule has 10 aromatic carbocycles. The van der Waals surface area contributed by atoms with Crippen molar-refractivity contribution in [3.05, 3.63) is 254 Å². The van der Waals surface area contributed by atoms with Crippen LogP contribution in [-0.2, 0) is 5.41 Å². The maximum atomic E-state index is 5.72. The lowest BCUT2D eigenvalue weighted by Gasteiger charge is -2.22. The van der Waals surface area contributed by atoms with Crippen molar-refractivity contribution >= 4 is 65.4 Å². The van der Waals surface area contributed by atoms with Crippen molar-refractivity contribution in [1.82, 2.24) is 18.7 Å². The van der Waals surface area contributed by atoms with E-state index < -0.39 is 0 Å². The summed E-state index contributed by atoms with van der Waals surface area (Å²) in [4.78, 5) is 5.72. The molecule has 0 unspecified atom stereocenters. The quantitative estimate of drug-likeness (QED) is 0.163. The van der Waals surface area contributed by atoms with Crippen LogP contribution in [0.4, 0.5) is 0 Å². The van der Waals surface area contributed by atoms with Gasteiger partial charge in [0.25, 0.3) is 0 Å². The van der Waals surface area contributed by atoms with Crippen LogP contribution in [0.2, 0.25) is 0 Å². The molecule has 0 spiro atoms. The highest BCUT2D eigenvalue weighted by Crippen LogP contribution is 2.50. The topological polar surface area (TPSA) is 27.7 Å². The minimum Gasteiger partial charge on any atom is -0.309 e. The first-order valence-corrected chi connectivity index (χ1v) is 24.9. The first-order chi connectivity index (χ1) is 35.5. The molecule has 0 aliphatic heterocycles. The Labute approximate surface area is 416 Å². The second-order valence-corrected chi connectivity index (χ2v) is 20.0. The molecule has 4 nitrogen and oxygen atoms in total. The fraction of sp³-hybridized carbons (Fsp3) is 0.0441. The van der Waals surface area contributed by atoms with Gasteiger partial charge in [0.1, 0.15) is 0 Å². The Balaban J connectivity index is 0.979. The molecule has 72 heavy (non-hydrogen) atoms. The molecular formula is C68H46N4. The third-order valence-electron chi connectivity index (χ3n) is 15.6. The zero-order chi connectivity index (χ0) is 47.7. The van der Waals surface area contributed by atoms with Gasteiger partial charge >= 0.3 is 0 Å². The fourth-order valence-electron chi connectivity index (χ4n) is 12.3. The van der Waals surface area contributed by atoms with Gasteiger partial charge in [0.2, 0.25) is 0 Å². The number of hydrogen-bond acceptors (Lipinski definition) is 1. The predicted molar refractivity (Wildman–Crippen MR) is 301 cm³/mol. The first-order valence-electron chi connectivity index (χ1n) is 24.9. The van der Waals surface area contributed by atoms with Gasteiger partial charge in [-0.05, 0) is 118 Å². The SMILES string of the molecule is CC1(C)c2ccccc2-c2ccc(-c3cc(-c4ccc(-n5c6ccccc6c6ccccc65)cc4)cc(-c4cc(-n5c6ccccc6c6ccccc65)cc(-n5c6ccccc6c6ccccc65)c4)n3)cc21. The number of rotatable bonds is 6. The molecule has 4 heterocycles. The third-order valence-corrected chi connectivity index (χ3v) is 15.6. The van der Waals surface area contributed by atoms with Crippen molar-refractivity contribution in [2.75, 3.05) is 0 Å². The maximum Gasteiger partial charge on any atom is 0.0717 e. The van der Waals surface area contributed by atoms with E-state index in [0.717, 1.165) is 72.8 Å². The van der Waals surface area contributed by atoms with E-state index in [1.54, 1.807) is 0 Å². The average molecular weight is 919 g/mol. The second kappa shape index (κ2) is 15.4. The van der Waals surface area contributed by atoms with E-state index in [0.29, 0.717) is 0 Å². The van der Waals surface area contributed by atoms with Crippen LogP contribution in [0.15, 0.2) is 243 Å². The summed E-state index contributed by atoms with van der Waals surface area (Å²) in [5.74, 6) is 0. The summed E-state index contributed by atoms with van der Waals surface area (Å²) in [5.41, 5.74) is 21.7. The van der Waals surface area contributed by atoms with Gasteiger partial charge in [-0.2, -0.15) is 0 Å². The number of nitrogens with zero attached hydrogens (tertiary/aromatic N) is 4. The molecule has 4 aromatic heterocycles. The van der Waals surface area contributed by atoms with Crippen LogP contribution < -0.4 is 0 Å². The van der Waals surface area contributed by atoms with Gasteiger partial charge in [0.05, 0.1) is 44.5 Å². The fourth-order valence-corrected chi connectivity index (χ4v) is 12.3. The van der Waals surface area contributed by atoms with Gasteiger partial charge < -0.3 is 13.7 Å². The smallest absolute Gasteiger partial charge is 0.0717 e. The zero-order valence-electron chi connectivity index (χ0n) is 39.9. The van der Waals surface area contributed by atoms with E-state index in [2.05, 4.69) is 270 Å². The molecule has 0 atom stereocenters. The third kappa shape index (κ3) is 5.96. The van der Waals surface area contributed by atoms with Gasteiger partial charge in [0, 0.05) is 65.9 Å². The Bertz CT molecular complexity index is 4250. The van der Waals surface area contributed by atoms with Crippen LogP contribution in [0.1, 0.15) is 25.0 Å². The zero-order valence-corrected chi connectivity index (χ0v) is 39.9. The van der Waals surface area contributed by atoms with Gasteiger partial charge in [-0.3, -0.25) is 0 Å². The minimum atomic E-state index is -0.154. The molecule has 1 aliphatic carbocycles. The monoisotopic (exact) mass is 918 g/mol. The highest BCUT2D eigenvalue weighted by atomic mass is 15.0. The summed E-state index contributed by atoms with van der Waals surface area (Å²) >= 11 is 0. The molecule has 338 valence electrons. The molecule has 1 aliphatic rings. The number of hydrogen-bond donors (Lipinski definition) is 0. The molecule has 4 heteroatoms. The second-order valence-electron chi connectivity index (χ2n) is 20.0. The van der Waals surface area contributed by atoms with Crippen molar-refractivity contribution in [3.63, 3.8) is 0 Å². The van der Waals surface area contributed by atoms with Crippen molar-refractivity contribution in [2.24, 2.45) is 0 Å². The molecule has 0 amide bonds. The molecular weight excluding hydrogens is 873 g/mol. The summed E-state index contributed by atoms with van der Waals surface area (Å²) in [6, 6.07) is 89.2. The Morgan fingerprint density at radius 1 is 0.278 bits per heavy atom. The summed E-state index contributed by atoms with van der Waals surface area (Å²) in [6.07, 6.45) is 0. The van der Waals surface area contributed by atoms with E-state index in [1.165, 1.54) is 65.6 Å². The molecule has 0 N–H and O–H groups in total. The summed E-state index contributed by atoms with van der Waals surface area (Å²) in [7, 11) is 0. The molecule has 0 saturated carbocycles. The summed E-state index contributed by atoms with van der Waals surface area (Å²) < 4.78 is 7.26. The van der Waals surface area contributed by atoms with Crippen LogP contribution in [0.25, 0.3) is 127 Å². The molecule has 0 radical (unpaired) electrons. The lowest BCUT2D eigenvalue weighted by molar-refractivity contribution is 0.660. The van der Waals surface area contributed by atoms with Crippen molar-refractivity contribution in [3.8, 4) is 61.8 Å². The standard InChI is InChI=1S/C68H46N4/c1-68(2)58-24-10-3-17-50(58)51-36-33-44(39-59(51)68)60-40-45(43-31-34-47(35-32-43)70-62-25-11-4-18-52(62)53-19-5-12-26-63(53)70)41-61(69-60)46-37-48(71-64-27-13-6-20-54(64)55-21-7-14-28-65(55)71)42-49(38-46)72-66-29-15-8-22-56(66)57-23-9-16-30-67(57)72/h3-42H,1-2H3. The Hall–Kier alpha value is -9.25.